The van der Waals surface area contributed by atoms with E-state index in [2.05, 4.69) is 48.5 Å². The third-order valence-electron chi connectivity index (χ3n) is 7.38. The Morgan fingerprint density at radius 1 is 0.515 bits per heavy atom. The van der Waals surface area contributed by atoms with Gasteiger partial charge in [-0.1, -0.05) is 97.1 Å². The Hall–Kier alpha value is -3.33. The molecule has 2 aliphatic rings. The van der Waals surface area contributed by atoms with Crippen molar-refractivity contribution < 1.29 is 13.2 Å². The fourth-order valence-corrected chi connectivity index (χ4v) is 6.17. The predicted molar refractivity (Wildman–Crippen MR) is 126 cm³/mol. The zero-order valence-corrected chi connectivity index (χ0v) is 18.0. The molecule has 6 rings (SSSR count). The molecule has 0 spiro atoms. The minimum Gasteiger partial charge on any atom is -0.171 e. The van der Waals surface area contributed by atoms with E-state index in [1.165, 1.54) is 0 Å². The second-order valence-corrected chi connectivity index (χ2v) is 9.12. The highest BCUT2D eigenvalue weighted by Crippen LogP contribution is 2.58. The third-order valence-corrected chi connectivity index (χ3v) is 7.38. The van der Waals surface area contributed by atoms with E-state index < -0.39 is 12.6 Å². The first kappa shape index (κ1) is 20.3. The molecule has 0 fully saturated rings. The molecule has 0 atom stereocenters. The Labute approximate surface area is 191 Å². The molecule has 0 bridgehead atoms. The molecule has 0 N–H and O–H groups in total. The number of fused-ring (bicyclic) bond motifs is 6. The summed E-state index contributed by atoms with van der Waals surface area (Å²) in [6.07, 6.45) is -4.88. The number of rotatable bonds is 4. The Kier molecular flexibility index (Phi) is 4.69. The van der Waals surface area contributed by atoms with Crippen LogP contribution in [0.1, 0.15) is 46.9 Å². The van der Waals surface area contributed by atoms with Crippen LogP contribution >= 0.6 is 0 Å². The largest absolute Gasteiger partial charge is 0.389 e. The summed E-state index contributed by atoms with van der Waals surface area (Å²) in [7, 11) is 0. The van der Waals surface area contributed by atoms with Gasteiger partial charge in [0.1, 0.15) is 0 Å². The molecule has 4 aromatic rings. The molecule has 0 saturated carbocycles. The smallest absolute Gasteiger partial charge is 0.171 e. The Balaban J connectivity index is 1.56. The topological polar surface area (TPSA) is 0 Å². The molecule has 0 amide bonds. The van der Waals surface area contributed by atoms with Gasteiger partial charge in [0.25, 0.3) is 0 Å². The van der Waals surface area contributed by atoms with Crippen molar-refractivity contribution in [1.82, 2.24) is 0 Å². The number of benzene rings is 4. The van der Waals surface area contributed by atoms with Crippen molar-refractivity contribution in [3.63, 3.8) is 0 Å². The lowest BCUT2D eigenvalue weighted by atomic mass is 9.71. The molecule has 164 valence electrons. The van der Waals surface area contributed by atoms with Gasteiger partial charge in [-0.3, -0.25) is 0 Å². The maximum Gasteiger partial charge on any atom is 0.389 e. The summed E-state index contributed by atoms with van der Waals surface area (Å²) in [6.45, 7) is 0. The molecular formula is C30H23F3. The van der Waals surface area contributed by atoms with Crippen LogP contribution in [0.5, 0.6) is 0 Å². The van der Waals surface area contributed by atoms with Crippen LogP contribution in [-0.2, 0) is 0 Å². The zero-order valence-electron chi connectivity index (χ0n) is 18.0. The van der Waals surface area contributed by atoms with Crippen LogP contribution in [0.25, 0.3) is 22.3 Å². The second-order valence-electron chi connectivity index (χ2n) is 9.12. The van der Waals surface area contributed by atoms with Crippen LogP contribution in [0.4, 0.5) is 13.2 Å². The van der Waals surface area contributed by atoms with Crippen LogP contribution < -0.4 is 0 Å². The molecule has 0 aromatic heterocycles. The van der Waals surface area contributed by atoms with E-state index in [0.717, 1.165) is 44.5 Å². The highest BCUT2D eigenvalue weighted by atomic mass is 19.4. The standard InChI is InChI=1S/C30H23F3/c31-30(32,33)18-17-27(28-23-13-5-1-9-19(23)20-10-2-6-14-24(20)28)29-25-15-7-3-11-21(25)22-12-4-8-16-26(22)29/h1-16,27-29H,17-18H2. The first-order valence-electron chi connectivity index (χ1n) is 11.5. The van der Waals surface area contributed by atoms with E-state index in [1.807, 2.05) is 48.5 Å². The Bertz CT molecular complexity index is 1150. The summed E-state index contributed by atoms with van der Waals surface area (Å²) in [6, 6.07) is 32.9. The molecule has 0 radical (unpaired) electrons. The van der Waals surface area contributed by atoms with Crippen LogP contribution in [0.15, 0.2) is 97.1 Å². The number of hydrogen-bond donors (Lipinski definition) is 0. The van der Waals surface area contributed by atoms with Gasteiger partial charge in [0, 0.05) is 18.3 Å². The molecule has 4 aromatic carbocycles. The fourth-order valence-electron chi connectivity index (χ4n) is 6.17. The van der Waals surface area contributed by atoms with Crippen molar-refractivity contribution in [2.75, 3.05) is 0 Å². The Morgan fingerprint density at radius 3 is 1.12 bits per heavy atom. The average molecular weight is 441 g/mol. The van der Waals surface area contributed by atoms with Crippen molar-refractivity contribution in [2.24, 2.45) is 5.92 Å². The molecule has 0 unspecified atom stereocenters. The molecule has 0 nitrogen and oxygen atoms in total. The summed E-state index contributed by atoms with van der Waals surface area (Å²) in [5, 5.41) is 0. The summed E-state index contributed by atoms with van der Waals surface area (Å²) >= 11 is 0. The third kappa shape index (κ3) is 3.30. The molecular weight excluding hydrogens is 417 g/mol. The van der Waals surface area contributed by atoms with Gasteiger partial charge in [0.15, 0.2) is 0 Å². The van der Waals surface area contributed by atoms with Gasteiger partial charge in [-0.25, -0.2) is 0 Å². The summed E-state index contributed by atoms with van der Waals surface area (Å²) < 4.78 is 40.7. The van der Waals surface area contributed by atoms with Gasteiger partial charge >= 0.3 is 6.18 Å². The fraction of sp³-hybridized carbons (Fsp3) is 0.200. The van der Waals surface area contributed by atoms with Gasteiger partial charge < -0.3 is 0 Å². The zero-order chi connectivity index (χ0) is 22.6. The van der Waals surface area contributed by atoms with Crippen molar-refractivity contribution >= 4 is 0 Å². The highest BCUT2D eigenvalue weighted by Gasteiger charge is 2.44. The first-order chi connectivity index (χ1) is 16.0. The van der Waals surface area contributed by atoms with Crippen LogP contribution in [0, 0.1) is 5.92 Å². The highest BCUT2D eigenvalue weighted by molar-refractivity contribution is 5.81. The lowest BCUT2D eigenvalue weighted by molar-refractivity contribution is -0.138. The van der Waals surface area contributed by atoms with Gasteiger partial charge in [-0.2, -0.15) is 13.2 Å². The first-order valence-corrected chi connectivity index (χ1v) is 11.5. The van der Waals surface area contributed by atoms with E-state index in [-0.39, 0.29) is 24.2 Å². The minimum atomic E-state index is -4.19. The Morgan fingerprint density at radius 2 is 0.818 bits per heavy atom. The van der Waals surface area contributed by atoms with Gasteiger partial charge in [0.05, 0.1) is 0 Å². The SMILES string of the molecule is FC(F)(F)CCC(C1c2ccccc2-c2ccccc21)C1c2ccccc2-c2ccccc21. The molecule has 33 heavy (non-hydrogen) atoms. The quantitative estimate of drug-likeness (QED) is 0.298. The average Bonchev–Trinajstić information content (AvgIpc) is 3.33. The summed E-state index contributed by atoms with van der Waals surface area (Å²) in [5.41, 5.74) is 9.18. The summed E-state index contributed by atoms with van der Waals surface area (Å²) in [5.74, 6) is -0.367. The van der Waals surface area contributed by atoms with Crippen molar-refractivity contribution in [2.45, 2.75) is 30.9 Å². The molecule has 0 saturated heterocycles. The van der Waals surface area contributed by atoms with Crippen LogP contribution in [0.3, 0.4) is 0 Å². The monoisotopic (exact) mass is 440 g/mol. The van der Waals surface area contributed by atoms with E-state index in [4.69, 9.17) is 0 Å². The lowest BCUT2D eigenvalue weighted by Gasteiger charge is -2.33. The predicted octanol–water partition coefficient (Wildman–Crippen LogP) is 8.57. The molecule has 0 heterocycles. The van der Waals surface area contributed by atoms with Gasteiger partial charge in [0.2, 0.25) is 0 Å². The lowest BCUT2D eigenvalue weighted by Crippen LogP contribution is -2.23. The summed E-state index contributed by atoms with van der Waals surface area (Å²) in [4.78, 5) is 0. The second kappa shape index (κ2) is 7.62. The normalized spacial score (nSPS) is 14.8. The van der Waals surface area contributed by atoms with Crippen molar-refractivity contribution in [1.29, 1.82) is 0 Å². The molecule has 2 aliphatic carbocycles. The molecule has 3 heteroatoms. The van der Waals surface area contributed by atoms with E-state index in [9.17, 15) is 13.2 Å². The maximum absolute atomic E-state index is 13.6. The van der Waals surface area contributed by atoms with Gasteiger partial charge in [-0.05, 0) is 56.8 Å². The van der Waals surface area contributed by atoms with Gasteiger partial charge in [-0.15, -0.1) is 0 Å². The van der Waals surface area contributed by atoms with E-state index in [0.29, 0.717) is 0 Å². The van der Waals surface area contributed by atoms with E-state index in [1.54, 1.807) is 0 Å². The van der Waals surface area contributed by atoms with E-state index >= 15 is 0 Å². The number of hydrogen-bond acceptors (Lipinski definition) is 0. The number of halogens is 3. The molecule has 0 aliphatic heterocycles. The van der Waals surface area contributed by atoms with Crippen molar-refractivity contribution in [3.8, 4) is 22.3 Å². The maximum atomic E-state index is 13.6. The minimum absolute atomic E-state index is 0.0797. The number of alkyl halides is 3. The van der Waals surface area contributed by atoms with Crippen molar-refractivity contribution in [3.05, 3.63) is 119 Å². The van der Waals surface area contributed by atoms with Crippen LogP contribution in [0.2, 0.25) is 0 Å². The van der Waals surface area contributed by atoms with Crippen LogP contribution in [-0.4, -0.2) is 6.18 Å².